The number of aromatic nitrogens is 2. The zero-order valence-corrected chi connectivity index (χ0v) is 33.9. The van der Waals surface area contributed by atoms with Crippen LogP contribution in [0.4, 0.5) is 0 Å². The monoisotopic (exact) mass is 785 g/mol. The number of rotatable bonds is 17. The summed E-state index contributed by atoms with van der Waals surface area (Å²) in [4.78, 5) is 28.4. The summed E-state index contributed by atoms with van der Waals surface area (Å²) in [5.74, 6) is 0.839. The summed E-state index contributed by atoms with van der Waals surface area (Å²) in [6.07, 6.45) is 0.412. The van der Waals surface area contributed by atoms with E-state index in [1.807, 2.05) is 78.9 Å². The van der Waals surface area contributed by atoms with Gasteiger partial charge in [0.05, 0.1) is 39.9 Å². The average molecular weight is 786 g/mol. The van der Waals surface area contributed by atoms with Crippen molar-refractivity contribution in [1.29, 1.82) is 5.26 Å². The van der Waals surface area contributed by atoms with Gasteiger partial charge in [-0.3, -0.25) is 14.3 Å². The molecule has 1 saturated heterocycles. The number of nitrogens with one attached hydrogen (secondary N) is 1. The number of hydrogen-bond acceptors (Lipinski definition) is 11. The number of H-pyrrole nitrogens is 1. The van der Waals surface area contributed by atoms with Gasteiger partial charge in [0.15, 0.2) is 0 Å². The smallest absolute Gasteiger partial charge is 0.330 e. The van der Waals surface area contributed by atoms with Crippen LogP contribution in [0.5, 0.6) is 11.5 Å². The highest BCUT2D eigenvalue weighted by Crippen LogP contribution is 2.60. The summed E-state index contributed by atoms with van der Waals surface area (Å²) < 4.78 is 42.7. The second-order valence-electron chi connectivity index (χ2n) is 14.9. The second-order valence-corrected chi connectivity index (χ2v) is 16.3. The molecule has 3 aromatic carbocycles. The van der Waals surface area contributed by atoms with Gasteiger partial charge < -0.3 is 33.7 Å². The molecule has 6 atom stereocenters. The summed E-state index contributed by atoms with van der Waals surface area (Å²) in [5, 5.41) is 9.40. The van der Waals surface area contributed by atoms with Gasteiger partial charge in [0.1, 0.15) is 35.0 Å². The van der Waals surface area contributed by atoms with Gasteiger partial charge >= 0.3 is 5.69 Å². The summed E-state index contributed by atoms with van der Waals surface area (Å²) in [7, 11) is 1.49. The van der Waals surface area contributed by atoms with E-state index in [-0.39, 0.29) is 31.7 Å². The largest absolute Gasteiger partial charge is 0.497 e. The topological polar surface area (TPSA) is 163 Å². The molecule has 1 aliphatic carbocycles. The highest BCUT2D eigenvalue weighted by atomic mass is 31.2. The van der Waals surface area contributed by atoms with E-state index in [0.717, 1.165) is 16.7 Å². The molecule has 1 aromatic heterocycles. The number of aromatic amines is 1. The first kappa shape index (κ1) is 41.3. The lowest BCUT2D eigenvalue weighted by Crippen LogP contribution is -2.48. The van der Waals surface area contributed by atoms with Crippen LogP contribution in [-0.2, 0) is 24.1 Å². The number of nitriles is 1. The highest BCUT2D eigenvalue weighted by molar-refractivity contribution is 7.44. The van der Waals surface area contributed by atoms with E-state index < -0.39 is 55.3 Å². The number of hydrogen-bond donors (Lipinski definition) is 2. The van der Waals surface area contributed by atoms with Crippen LogP contribution in [0.3, 0.4) is 0 Å². The van der Waals surface area contributed by atoms with Crippen molar-refractivity contribution >= 4 is 8.53 Å². The van der Waals surface area contributed by atoms with E-state index in [4.69, 9.17) is 33.7 Å². The number of benzene rings is 3. The lowest BCUT2D eigenvalue weighted by molar-refractivity contribution is -0.169. The first-order chi connectivity index (χ1) is 26.9. The summed E-state index contributed by atoms with van der Waals surface area (Å²) in [5.41, 5.74) is 6.44. The van der Waals surface area contributed by atoms with Gasteiger partial charge in [-0.1, -0.05) is 54.6 Å². The average Bonchev–Trinajstić information content (AvgIpc) is 3.64. The van der Waals surface area contributed by atoms with Crippen molar-refractivity contribution in [3.05, 3.63) is 128 Å². The Hall–Kier alpha value is -4.38. The quantitative estimate of drug-likeness (QED) is 0.0718. The van der Waals surface area contributed by atoms with Gasteiger partial charge in [0.25, 0.3) is 14.1 Å². The van der Waals surface area contributed by atoms with Gasteiger partial charge in [-0.05, 0) is 82.0 Å². The molecule has 6 rings (SSSR count). The molecule has 4 aromatic rings. The van der Waals surface area contributed by atoms with Crippen molar-refractivity contribution in [1.82, 2.24) is 14.2 Å². The predicted octanol–water partition coefficient (Wildman–Crippen LogP) is 6.15. The van der Waals surface area contributed by atoms with Gasteiger partial charge in [0.2, 0.25) is 0 Å². The lowest BCUT2D eigenvalue weighted by atomic mass is 9.79. The van der Waals surface area contributed by atoms with Crippen molar-refractivity contribution < 1.29 is 28.0 Å². The van der Waals surface area contributed by atoms with Crippen LogP contribution in [0.1, 0.15) is 69.0 Å². The fourth-order valence-electron chi connectivity index (χ4n) is 8.08. The standard InChI is InChI=1S/C42H52N5O8P/c1-27(2)47(28(3)4)56(53-23-11-22-43)55-37-36-35(44)24-41(37,54-39(36)46-25-29(5)38(48)45-40(46)49)26-52-42(30-12-9-8-10-13-30,31-14-18-33(50-6)19-15-31)32-16-20-34(51-7)21-17-32/h8-10,12-21,25,27-28,35-37,39H,11,23-24,26,44H2,1-7H3,(H,45,48,49)/t35-,36-,37+,39-,41-,56?/m1/s1. The maximum Gasteiger partial charge on any atom is 0.330 e. The third kappa shape index (κ3) is 7.93. The molecule has 3 N–H and O–H groups in total. The molecule has 2 heterocycles. The van der Waals surface area contributed by atoms with E-state index >= 15 is 0 Å². The van der Waals surface area contributed by atoms with Crippen LogP contribution in [0.15, 0.2) is 94.6 Å². The minimum absolute atomic E-state index is 0.0207. The summed E-state index contributed by atoms with van der Waals surface area (Å²) in [6.45, 7) is 10.1. The van der Waals surface area contributed by atoms with Crippen molar-refractivity contribution in [3.8, 4) is 17.6 Å². The van der Waals surface area contributed by atoms with Crippen LogP contribution < -0.4 is 26.5 Å². The fourth-order valence-corrected chi connectivity index (χ4v) is 9.91. The molecule has 0 radical (unpaired) electrons. The van der Waals surface area contributed by atoms with Crippen molar-refractivity contribution in [2.45, 2.75) is 89.1 Å². The molecule has 1 saturated carbocycles. The molecule has 1 unspecified atom stereocenters. The minimum atomic E-state index is -1.76. The van der Waals surface area contributed by atoms with Gasteiger partial charge in [-0.15, -0.1) is 0 Å². The maximum atomic E-state index is 13.5. The Bertz CT molecular complexity index is 2030. The van der Waals surface area contributed by atoms with E-state index in [1.165, 1.54) is 10.8 Å². The van der Waals surface area contributed by atoms with E-state index in [1.54, 1.807) is 21.1 Å². The molecule has 2 fully saturated rings. The number of ether oxygens (including phenoxy) is 4. The Morgan fingerprint density at radius 2 is 1.54 bits per heavy atom. The normalized spacial score (nSPS) is 22.5. The zero-order chi connectivity index (χ0) is 40.2. The molecule has 56 heavy (non-hydrogen) atoms. The fraction of sp³-hybridized carbons (Fsp3) is 0.452. The lowest BCUT2D eigenvalue weighted by Gasteiger charge is -2.42. The molecule has 0 amide bonds. The van der Waals surface area contributed by atoms with Crippen LogP contribution in [0.2, 0.25) is 0 Å². The van der Waals surface area contributed by atoms with Crippen LogP contribution in [0, 0.1) is 24.2 Å². The van der Waals surface area contributed by atoms with Crippen molar-refractivity contribution in [2.24, 2.45) is 11.7 Å². The van der Waals surface area contributed by atoms with Crippen molar-refractivity contribution in [2.75, 3.05) is 27.4 Å². The Labute approximate surface area is 329 Å². The zero-order valence-electron chi connectivity index (χ0n) is 33.0. The SMILES string of the molecule is COc1ccc(C(OC[C@@]23C[C@@H](N)[C@@H]([C@H](n4cc(C)c(=O)[nH]c4=O)O2)[C@@H]3OP(OCCC#N)N(C(C)C)C(C)C)(c2ccccc2)c2ccc(OC)cc2)cc1. The molecule has 2 bridgehead atoms. The summed E-state index contributed by atoms with van der Waals surface area (Å²) in [6, 6.07) is 27.2. The minimum Gasteiger partial charge on any atom is -0.497 e. The Morgan fingerprint density at radius 3 is 2.07 bits per heavy atom. The summed E-state index contributed by atoms with van der Waals surface area (Å²) >= 11 is 0. The van der Waals surface area contributed by atoms with Crippen LogP contribution in [0.25, 0.3) is 0 Å². The Morgan fingerprint density at radius 1 is 0.964 bits per heavy atom. The first-order valence-corrected chi connectivity index (χ1v) is 20.0. The van der Waals surface area contributed by atoms with Gasteiger partial charge in [0, 0.05) is 35.8 Å². The Balaban J connectivity index is 1.52. The highest BCUT2D eigenvalue weighted by Gasteiger charge is 2.66. The molecule has 1 aliphatic heterocycles. The van der Waals surface area contributed by atoms with Gasteiger partial charge in [-0.2, -0.15) is 5.26 Å². The van der Waals surface area contributed by atoms with E-state index in [2.05, 4.69) is 43.4 Å². The van der Waals surface area contributed by atoms with E-state index in [0.29, 0.717) is 23.5 Å². The molecular weight excluding hydrogens is 733 g/mol. The molecule has 0 spiro atoms. The van der Waals surface area contributed by atoms with Crippen LogP contribution >= 0.6 is 8.53 Å². The third-order valence-electron chi connectivity index (χ3n) is 10.6. The number of fused-ring (bicyclic) bond motifs is 2. The maximum absolute atomic E-state index is 13.5. The second kappa shape index (κ2) is 17.4. The number of methoxy groups -OCH3 is 2. The molecule has 298 valence electrons. The number of nitrogens with zero attached hydrogens (tertiary/aromatic N) is 3. The molecule has 13 nitrogen and oxygen atoms in total. The molecule has 2 aliphatic rings. The molecule has 14 heteroatoms. The number of aryl methyl sites for hydroxylation is 1. The predicted molar refractivity (Wildman–Crippen MR) is 213 cm³/mol. The Kier molecular flexibility index (Phi) is 12.8. The third-order valence-corrected chi connectivity index (χ3v) is 12.7. The number of nitrogens with two attached hydrogens (primary N) is 1. The molecular formula is C42H52N5O8P. The van der Waals surface area contributed by atoms with Crippen molar-refractivity contribution in [3.63, 3.8) is 0 Å². The van der Waals surface area contributed by atoms with Gasteiger partial charge in [-0.25, -0.2) is 9.46 Å². The van der Waals surface area contributed by atoms with E-state index in [9.17, 15) is 14.9 Å². The first-order valence-electron chi connectivity index (χ1n) is 18.9. The van der Waals surface area contributed by atoms with Crippen LogP contribution in [-0.4, -0.2) is 71.5 Å².